The van der Waals surface area contributed by atoms with Crippen LogP contribution in [0.25, 0.3) is 11.4 Å². The summed E-state index contributed by atoms with van der Waals surface area (Å²) in [6.07, 6.45) is 2.50. The highest BCUT2D eigenvalue weighted by molar-refractivity contribution is 14.2. The maximum absolute atomic E-state index is 4.53. The molecule has 1 unspecified atom stereocenters. The minimum absolute atomic E-state index is 0.608. The van der Waals surface area contributed by atoms with Gasteiger partial charge in [-0.05, 0) is 53.6 Å². The molecule has 92 valence electrons. The molecular formula is C12H17IN3P. The van der Waals surface area contributed by atoms with Crippen LogP contribution in [0.3, 0.4) is 0 Å². The van der Waals surface area contributed by atoms with Crippen molar-refractivity contribution in [3.63, 3.8) is 0 Å². The first-order chi connectivity index (χ1) is 8.22. The lowest BCUT2D eigenvalue weighted by Crippen LogP contribution is -1.93. The van der Waals surface area contributed by atoms with Gasteiger partial charge in [0, 0.05) is 5.69 Å². The summed E-state index contributed by atoms with van der Waals surface area (Å²) in [6, 6.07) is 6.07. The molecule has 0 bridgehead atoms. The minimum atomic E-state index is 0.608. The molecule has 2 aromatic rings. The molecule has 0 aliphatic rings. The SMILES string of the molecule is CC.Cc1cccc(-c2c(C)cnn2PI)n1. The summed E-state index contributed by atoms with van der Waals surface area (Å²) in [5.41, 5.74) is 4.36. The van der Waals surface area contributed by atoms with E-state index in [4.69, 9.17) is 0 Å². The summed E-state index contributed by atoms with van der Waals surface area (Å²) in [5.74, 6) is 0. The van der Waals surface area contributed by atoms with E-state index in [-0.39, 0.29) is 0 Å². The third-order valence-electron chi connectivity index (χ3n) is 2.16. The molecule has 5 heteroatoms. The summed E-state index contributed by atoms with van der Waals surface area (Å²) in [4.78, 5) is 4.53. The average Bonchev–Trinajstić information content (AvgIpc) is 2.73. The van der Waals surface area contributed by atoms with Gasteiger partial charge in [0.05, 0.1) is 24.0 Å². The third kappa shape index (κ3) is 3.49. The van der Waals surface area contributed by atoms with Crippen molar-refractivity contribution >= 4 is 28.4 Å². The van der Waals surface area contributed by atoms with Crippen molar-refractivity contribution in [2.75, 3.05) is 0 Å². The van der Waals surface area contributed by atoms with Crippen LogP contribution < -0.4 is 0 Å². The van der Waals surface area contributed by atoms with Gasteiger partial charge in [-0.15, -0.1) is 0 Å². The quantitative estimate of drug-likeness (QED) is 0.587. The van der Waals surface area contributed by atoms with Gasteiger partial charge in [0.15, 0.2) is 0 Å². The second kappa shape index (κ2) is 7.07. The maximum atomic E-state index is 4.53. The fourth-order valence-electron chi connectivity index (χ4n) is 1.48. The van der Waals surface area contributed by atoms with Crippen LogP contribution in [0.2, 0.25) is 0 Å². The standard InChI is InChI=1S/C10H11IN3P.C2H6/c1-7-6-12-14(15-11)10(7)9-5-3-4-8(2)13-9;1-2/h3-6,15H,1-2H3;1-2H3. The monoisotopic (exact) mass is 361 g/mol. The number of hydrogen-bond donors (Lipinski definition) is 0. The van der Waals surface area contributed by atoms with E-state index in [2.05, 4.69) is 39.0 Å². The average molecular weight is 361 g/mol. The van der Waals surface area contributed by atoms with E-state index in [0.717, 1.165) is 17.1 Å². The summed E-state index contributed by atoms with van der Waals surface area (Å²) >= 11 is 2.33. The molecule has 0 radical (unpaired) electrons. The number of halogens is 1. The summed E-state index contributed by atoms with van der Waals surface area (Å²) in [5, 5.41) is 4.32. The van der Waals surface area contributed by atoms with Crippen molar-refractivity contribution in [3.8, 4) is 11.4 Å². The summed E-state index contributed by atoms with van der Waals surface area (Å²) in [7, 11) is 0. The van der Waals surface area contributed by atoms with E-state index in [0.29, 0.717) is 6.37 Å². The number of rotatable bonds is 2. The van der Waals surface area contributed by atoms with Gasteiger partial charge in [-0.3, -0.25) is 4.98 Å². The number of aryl methyl sites for hydroxylation is 2. The third-order valence-corrected chi connectivity index (χ3v) is 4.03. The molecule has 0 saturated heterocycles. The number of pyridine rings is 1. The highest BCUT2D eigenvalue weighted by atomic mass is 127. The predicted molar refractivity (Wildman–Crippen MR) is 84.0 cm³/mol. The van der Waals surface area contributed by atoms with E-state index in [1.54, 1.807) is 0 Å². The lowest BCUT2D eigenvalue weighted by Gasteiger charge is -2.05. The molecule has 2 heterocycles. The molecule has 0 aromatic carbocycles. The van der Waals surface area contributed by atoms with Crippen LogP contribution in [0.5, 0.6) is 0 Å². The minimum Gasteiger partial charge on any atom is -0.251 e. The van der Waals surface area contributed by atoms with Crippen molar-refractivity contribution < 1.29 is 0 Å². The maximum Gasteiger partial charge on any atom is 0.0942 e. The Morgan fingerprint density at radius 2 is 1.94 bits per heavy atom. The van der Waals surface area contributed by atoms with Crippen LogP contribution in [0, 0.1) is 13.8 Å². The van der Waals surface area contributed by atoms with Gasteiger partial charge in [0.2, 0.25) is 0 Å². The Hall–Kier alpha value is -0.480. The highest BCUT2D eigenvalue weighted by Crippen LogP contribution is 2.31. The molecule has 0 fully saturated rings. The van der Waals surface area contributed by atoms with Crippen LogP contribution in [-0.2, 0) is 0 Å². The van der Waals surface area contributed by atoms with Crippen LogP contribution >= 0.6 is 28.4 Å². The van der Waals surface area contributed by atoms with Crippen LogP contribution in [0.4, 0.5) is 0 Å². The van der Waals surface area contributed by atoms with Crippen molar-refractivity contribution in [1.29, 1.82) is 0 Å². The molecule has 2 aromatic heterocycles. The van der Waals surface area contributed by atoms with Gasteiger partial charge >= 0.3 is 0 Å². The van der Waals surface area contributed by atoms with E-state index < -0.39 is 0 Å². The van der Waals surface area contributed by atoms with Crippen molar-refractivity contribution in [2.24, 2.45) is 0 Å². The molecule has 3 nitrogen and oxygen atoms in total. The Balaban J connectivity index is 0.000000686. The highest BCUT2D eigenvalue weighted by Gasteiger charge is 2.10. The van der Waals surface area contributed by atoms with Gasteiger partial charge in [0.25, 0.3) is 0 Å². The Bertz CT molecular complexity index is 482. The smallest absolute Gasteiger partial charge is 0.0942 e. The molecule has 2 rings (SSSR count). The largest absolute Gasteiger partial charge is 0.251 e. The number of nitrogens with zero attached hydrogens (tertiary/aromatic N) is 3. The molecule has 0 N–H and O–H groups in total. The Morgan fingerprint density at radius 3 is 2.53 bits per heavy atom. The molecule has 0 spiro atoms. The lowest BCUT2D eigenvalue weighted by molar-refractivity contribution is 1.01. The molecule has 0 amide bonds. The van der Waals surface area contributed by atoms with E-state index in [9.17, 15) is 0 Å². The Kier molecular flexibility index (Phi) is 6.06. The zero-order chi connectivity index (χ0) is 12.8. The predicted octanol–water partition coefficient (Wildman–Crippen LogP) is 4.38. The first-order valence-corrected chi connectivity index (χ1v) is 9.64. The molecule has 0 aliphatic heterocycles. The second-order valence-electron chi connectivity index (χ2n) is 3.34. The van der Waals surface area contributed by atoms with E-state index >= 15 is 0 Å². The normalized spacial score (nSPS) is 10.4. The molecule has 0 aliphatic carbocycles. The van der Waals surface area contributed by atoms with Gasteiger partial charge in [0.1, 0.15) is 0 Å². The van der Waals surface area contributed by atoms with Crippen molar-refractivity contribution in [3.05, 3.63) is 35.7 Å². The first kappa shape index (κ1) is 14.6. The van der Waals surface area contributed by atoms with Crippen molar-refractivity contribution in [1.82, 2.24) is 14.5 Å². The zero-order valence-corrected chi connectivity index (χ0v) is 13.7. The Labute approximate surface area is 117 Å². The molecular weight excluding hydrogens is 344 g/mol. The van der Waals surface area contributed by atoms with E-state index in [1.807, 2.05) is 49.6 Å². The topological polar surface area (TPSA) is 30.7 Å². The summed E-state index contributed by atoms with van der Waals surface area (Å²) < 4.78 is 2.00. The van der Waals surface area contributed by atoms with Crippen LogP contribution in [-0.4, -0.2) is 14.5 Å². The van der Waals surface area contributed by atoms with Gasteiger partial charge < -0.3 is 0 Å². The number of hydrogen-bond acceptors (Lipinski definition) is 2. The van der Waals surface area contributed by atoms with E-state index in [1.165, 1.54) is 5.56 Å². The van der Waals surface area contributed by atoms with Crippen molar-refractivity contribution in [2.45, 2.75) is 27.7 Å². The zero-order valence-electron chi connectivity index (χ0n) is 10.5. The lowest BCUT2D eigenvalue weighted by atomic mass is 10.2. The van der Waals surface area contributed by atoms with Gasteiger partial charge in [-0.1, -0.05) is 19.9 Å². The fourth-order valence-corrected chi connectivity index (χ4v) is 3.05. The fraction of sp³-hybridized carbons (Fsp3) is 0.333. The van der Waals surface area contributed by atoms with Gasteiger partial charge in [-0.2, -0.15) is 5.10 Å². The van der Waals surface area contributed by atoms with Crippen LogP contribution in [0.15, 0.2) is 24.4 Å². The molecule has 17 heavy (non-hydrogen) atoms. The second-order valence-corrected chi connectivity index (χ2v) is 5.38. The Morgan fingerprint density at radius 1 is 1.24 bits per heavy atom. The molecule has 0 saturated carbocycles. The number of aromatic nitrogens is 3. The van der Waals surface area contributed by atoms with Crippen LogP contribution in [0.1, 0.15) is 25.1 Å². The summed E-state index contributed by atoms with van der Waals surface area (Å²) in [6.45, 7) is 8.07. The first-order valence-electron chi connectivity index (χ1n) is 5.57. The molecule has 1 atom stereocenters. The van der Waals surface area contributed by atoms with Gasteiger partial charge in [-0.25, -0.2) is 4.45 Å².